The van der Waals surface area contributed by atoms with E-state index in [-0.39, 0.29) is 11.4 Å². The smallest absolute Gasteiger partial charge is 0.292 e. The first-order valence-corrected chi connectivity index (χ1v) is 7.57. The Hall–Kier alpha value is -1.44. The van der Waals surface area contributed by atoms with E-state index in [2.05, 4.69) is 32.3 Å². The molecule has 1 aromatic carbocycles. The Morgan fingerprint density at radius 1 is 1.35 bits per heavy atom. The fourth-order valence-electron chi connectivity index (χ4n) is 1.95. The Labute approximate surface area is 129 Å². The first kappa shape index (κ1) is 15.0. The zero-order valence-electron chi connectivity index (χ0n) is 10.9. The van der Waals surface area contributed by atoms with Gasteiger partial charge in [0.1, 0.15) is 5.69 Å². The Kier molecular flexibility index (Phi) is 4.74. The van der Waals surface area contributed by atoms with Gasteiger partial charge in [0.2, 0.25) is 0 Å². The van der Waals surface area contributed by atoms with Crippen LogP contribution in [0.2, 0.25) is 0 Å². The van der Waals surface area contributed by atoms with Crippen LogP contribution in [0.3, 0.4) is 0 Å². The molecular formula is C13H14BrN3O2S. The van der Waals surface area contributed by atoms with E-state index in [0.717, 1.165) is 15.9 Å². The normalized spacial score (nSPS) is 10.9. The highest BCUT2D eigenvalue weighted by Gasteiger charge is 2.13. The molecule has 2 rings (SSSR count). The standard InChI is InChI=1S/C13H14BrN3O2S/c1-16(7-10-5-13(14)20-8-10)6-9-2-3-11(15)12(4-9)17(18)19/h2-5,8H,6-7,15H2,1H3. The van der Waals surface area contributed by atoms with E-state index in [0.29, 0.717) is 6.54 Å². The van der Waals surface area contributed by atoms with Crippen molar-refractivity contribution in [2.24, 2.45) is 0 Å². The molecule has 7 heteroatoms. The molecular weight excluding hydrogens is 342 g/mol. The van der Waals surface area contributed by atoms with Crippen molar-refractivity contribution in [3.63, 3.8) is 0 Å². The topological polar surface area (TPSA) is 72.4 Å². The zero-order valence-corrected chi connectivity index (χ0v) is 13.3. The van der Waals surface area contributed by atoms with Gasteiger partial charge >= 0.3 is 0 Å². The summed E-state index contributed by atoms with van der Waals surface area (Å²) in [4.78, 5) is 12.5. The first-order chi connectivity index (χ1) is 9.45. The number of halogens is 1. The number of rotatable bonds is 5. The van der Waals surface area contributed by atoms with Gasteiger partial charge < -0.3 is 5.73 Å². The van der Waals surface area contributed by atoms with Crippen molar-refractivity contribution in [1.29, 1.82) is 0 Å². The van der Waals surface area contributed by atoms with Crippen molar-refractivity contribution < 1.29 is 4.92 Å². The number of nitrogens with zero attached hydrogens (tertiary/aromatic N) is 2. The summed E-state index contributed by atoms with van der Waals surface area (Å²) >= 11 is 5.08. The molecule has 2 aromatic rings. The van der Waals surface area contributed by atoms with Crippen LogP contribution in [0.5, 0.6) is 0 Å². The van der Waals surface area contributed by atoms with E-state index < -0.39 is 4.92 Å². The third-order valence-electron chi connectivity index (χ3n) is 2.82. The average Bonchev–Trinajstić information content (AvgIpc) is 2.76. The molecule has 0 bridgehead atoms. The van der Waals surface area contributed by atoms with Gasteiger partial charge in [0.15, 0.2) is 0 Å². The van der Waals surface area contributed by atoms with E-state index in [1.54, 1.807) is 17.4 Å². The predicted molar refractivity (Wildman–Crippen MR) is 84.7 cm³/mol. The number of hydrogen-bond acceptors (Lipinski definition) is 5. The quantitative estimate of drug-likeness (QED) is 0.504. The molecule has 20 heavy (non-hydrogen) atoms. The van der Waals surface area contributed by atoms with Gasteiger partial charge in [0.25, 0.3) is 5.69 Å². The number of nitro groups is 1. The molecule has 0 aliphatic carbocycles. The maximum absolute atomic E-state index is 10.9. The molecule has 0 fully saturated rings. The molecule has 0 aliphatic heterocycles. The Bertz CT molecular complexity index is 630. The summed E-state index contributed by atoms with van der Waals surface area (Å²) in [5, 5.41) is 13.0. The van der Waals surface area contributed by atoms with E-state index >= 15 is 0 Å². The molecule has 0 aliphatic rings. The number of nitro benzene ring substituents is 1. The number of hydrogen-bond donors (Lipinski definition) is 1. The fraction of sp³-hybridized carbons (Fsp3) is 0.231. The van der Waals surface area contributed by atoms with Crippen LogP contribution >= 0.6 is 27.3 Å². The van der Waals surface area contributed by atoms with Crippen molar-refractivity contribution in [2.75, 3.05) is 12.8 Å². The third kappa shape index (κ3) is 3.78. The SMILES string of the molecule is CN(Cc1csc(Br)c1)Cc1ccc(N)c([N+](=O)[O-])c1. The lowest BCUT2D eigenvalue weighted by Gasteiger charge is -2.16. The van der Waals surface area contributed by atoms with Crippen molar-refractivity contribution in [1.82, 2.24) is 4.90 Å². The van der Waals surface area contributed by atoms with Gasteiger partial charge in [-0.1, -0.05) is 6.07 Å². The minimum absolute atomic E-state index is 0.0332. The van der Waals surface area contributed by atoms with Gasteiger partial charge in [-0.25, -0.2) is 0 Å². The van der Waals surface area contributed by atoms with Gasteiger partial charge in [-0.3, -0.25) is 15.0 Å². The highest BCUT2D eigenvalue weighted by Crippen LogP contribution is 2.24. The molecule has 0 saturated carbocycles. The van der Waals surface area contributed by atoms with Gasteiger partial charge in [-0.15, -0.1) is 11.3 Å². The van der Waals surface area contributed by atoms with Crippen LogP contribution in [0.25, 0.3) is 0 Å². The highest BCUT2D eigenvalue weighted by molar-refractivity contribution is 9.11. The second-order valence-electron chi connectivity index (χ2n) is 4.58. The van der Waals surface area contributed by atoms with Crippen LogP contribution in [0.15, 0.2) is 33.4 Å². The second-order valence-corrected chi connectivity index (χ2v) is 6.87. The van der Waals surface area contributed by atoms with Gasteiger partial charge in [0.05, 0.1) is 8.71 Å². The van der Waals surface area contributed by atoms with E-state index in [1.807, 2.05) is 13.1 Å². The van der Waals surface area contributed by atoms with Crippen LogP contribution in [-0.2, 0) is 13.1 Å². The molecule has 0 atom stereocenters. The summed E-state index contributed by atoms with van der Waals surface area (Å²) in [7, 11) is 1.98. The summed E-state index contributed by atoms with van der Waals surface area (Å²) in [5.41, 5.74) is 7.85. The number of thiophene rings is 1. The molecule has 0 spiro atoms. The van der Waals surface area contributed by atoms with Crippen molar-refractivity contribution in [3.05, 3.63) is 54.7 Å². The zero-order chi connectivity index (χ0) is 14.7. The largest absolute Gasteiger partial charge is 0.393 e. The number of benzene rings is 1. The molecule has 106 valence electrons. The van der Waals surface area contributed by atoms with Crippen LogP contribution in [-0.4, -0.2) is 16.9 Å². The van der Waals surface area contributed by atoms with Gasteiger partial charge in [0, 0.05) is 19.2 Å². The molecule has 1 aromatic heterocycles. The number of anilines is 1. The lowest BCUT2D eigenvalue weighted by Crippen LogP contribution is -2.17. The summed E-state index contributed by atoms with van der Waals surface area (Å²) in [6.45, 7) is 1.43. The highest BCUT2D eigenvalue weighted by atomic mass is 79.9. The van der Waals surface area contributed by atoms with Crippen LogP contribution in [0, 0.1) is 10.1 Å². The number of nitrogens with two attached hydrogens (primary N) is 1. The van der Waals surface area contributed by atoms with E-state index in [1.165, 1.54) is 11.6 Å². The second kappa shape index (κ2) is 6.34. The Morgan fingerprint density at radius 3 is 2.65 bits per heavy atom. The van der Waals surface area contributed by atoms with Crippen LogP contribution in [0.4, 0.5) is 11.4 Å². The minimum Gasteiger partial charge on any atom is -0.393 e. The Balaban J connectivity index is 2.06. The number of nitrogen functional groups attached to an aromatic ring is 1. The molecule has 1 heterocycles. The average molecular weight is 356 g/mol. The van der Waals surface area contributed by atoms with Gasteiger partial charge in [-0.05, 0) is 51.6 Å². The molecule has 0 radical (unpaired) electrons. The minimum atomic E-state index is -0.450. The monoisotopic (exact) mass is 355 g/mol. The Morgan fingerprint density at radius 2 is 2.05 bits per heavy atom. The van der Waals surface area contributed by atoms with E-state index in [9.17, 15) is 10.1 Å². The summed E-state index contributed by atoms with van der Waals surface area (Å²) in [6, 6.07) is 7.02. The summed E-state index contributed by atoms with van der Waals surface area (Å²) in [6.07, 6.45) is 0. The lowest BCUT2D eigenvalue weighted by molar-refractivity contribution is -0.384. The maximum atomic E-state index is 10.9. The first-order valence-electron chi connectivity index (χ1n) is 5.90. The van der Waals surface area contributed by atoms with Gasteiger partial charge in [-0.2, -0.15) is 0 Å². The predicted octanol–water partition coefficient (Wildman–Crippen LogP) is 3.63. The fourth-order valence-corrected chi connectivity index (χ4v) is 3.15. The maximum Gasteiger partial charge on any atom is 0.292 e. The van der Waals surface area contributed by atoms with Crippen molar-refractivity contribution in [3.8, 4) is 0 Å². The lowest BCUT2D eigenvalue weighted by atomic mass is 10.1. The van der Waals surface area contributed by atoms with Crippen LogP contribution in [0.1, 0.15) is 11.1 Å². The molecule has 5 nitrogen and oxygen atoms in total. The molecule has 0 saturated heterocycles. The van der Waals surface area contributed by atoms with Crippen LogP contribution < -0.4 is 5.73 Å². The third-order valence-corrected chi connectivity index (χ3v) is 4.37. The molecule has 2 N–H and O–H groups in total. The molecule has 0 amide bonds. The van der Waals surface area contributed by atoms with Crippen molar-refractivity contribution in [2.45, 2.75) is 13.1 Å². The van der Waals surface area contributed by atoms with E-state index in [4.69, 9.17) is 5.73 Å². The summed E-state index contributed by atoms with van der Waals surface area (Å²) in [5.74, 6) is 0. The molecule has 0 unspecified atom stereocenters. The van der Waals surface area contributed by atoms with Crippen molar-refractivity contribution >= 4 is 38.6 Å². The summed E-state index contributed by atoms with van der Waals surface area (Å²) < 4.78 is 1.10.